The molecule has 4 rings (SSSR count). The van der Waals surface area contributed by atoms with E-state index in [1.54, 1.807) is 11.2 Å². The van der Waals surface area contributed by atoms with Crippen molar-refractivity contribution in [3.8, 4) is 0 Å². The number of aromatic amines is 1. The van der Waals surface area contributed by atoms with Crippen molar-refractivity contribution in [2.75, 3.05) is 32.7 Å². The van der Waals surface area contributed by atoms with E-state index in [1.165, 1.54) is 0 Å². The molecule has 152 valence electrons. The van der Waals surface area contributed by atoms with Crippen LogP contribution in [0.5, 0.6) is 0 Å². The summed E-state index contributed by atoms with van der Waals surface area (Å²) in [6, 6.07) is 0. The topological polar surface area (TPSA) is 89.6 Å². The van der Waals surface area contributed by atoms with Crippen molar-refractivity contribution in [3.63, 3.8) is 0 Å². The number of carbonyl (C=O) groups is 3. The van der Waals surface area contributed by atoms with Crippen molar-refractivity contribution >= 4 is 17.7 Å². The van der Waals surface area contributed by atoms with Crippen molar-refractivity contribution in [3.05, 3.63) is 17.7 Å². The average Bonchev–Trinajstić information content (AvgIpc) is 3.34. The van der Waals surface area contributed by atoms with Crippen LogP contribution in [0, 0.1) is 5.92 Å². The highest BCUT2D eigenvalue weighted by Gasteiger charge is 2.49. The third kappa shape index (κ3) is 2.89. The number of imidazole rings is 1. The van der Waals surface area contributed by atoms with E-state index in [0.29, 0.717) is 58.4 Å². The van der Waals surface area contributed by atoms with Gasteiger partial charge in [0, 0.05) is 57.7 Å². The van der Waals surface area contributed by atoms with Crippen LogP contribution in [0.15, 0.2) is 6.33 Å². The molecular formula is C20H29N5O3. The molecule has 2 fully saturated rings. The molecule has 1 N–H and O–H groups in total. The first kappa shape index (κ1) is 19.0. The summed E-state index contributed by atoms with van der Waals surface area (Å²) < 4.78 is 0. The van der Waals surface area contributed by atoms with Crippen LogP contribution in [0.25, 0.3) is 0 Å². The molecule has 3 amide bonds. The number of hydrogen-bond donors (Lipinski definition) is 1. The summed E-state index contributed by atoms with van der Waals surface area (Å²) in [7, 11) is 0. The maximum absolute atomic E-state index is 13.0. The van der Waals surface area contributed by atoms with E-state index in [0.717, 1.165) is 17.8 Å². The highest BCUT2D eigenvalue weighted by atomic mass is 16.2. The van der Waals surface area contributed by atoms with Crippen molar-refractivity contribution < 1.29 is 14.4 Å². The van der Waals surface area contributed by atoms with E-state index in [-0.39, 0.29) is 23.6 Å². The smallest absolute Gasteiger partial charge is 0.227 e. The number of likely N-dealkylation sites (tertiary alicyclic amines) is 2. The number of H-pyrrole nitrogens is 1. The first-order chi connectivity index (χ1) is 13.5. The molecular weight excluding hydrogens is 358 g/mol. The second-order valence-electron chi connectivity index (χ2n) is 8.07. The van der Waals surface area contributed by atoms with Gasteiger partial charge in [0.15, 0.2) is 0 Å². The lowest BCUT2D eigenvalue weighted by Gasteiger charge is -2.50. The van der Waals surface area contributed by atoms with E-state index in [9.17, 15) is 14.4 Å². The van der Waals surface area contributed by atoms with Gasteiger partial charge in [-0.3, -0.25) is 14.4 Å². The van der Waals surface area contributed by atoms with Gasteiger partial charge in [0.1, 0.15) is 0 Å². The highest BCUT2D eigenvalue weighted by Crippen LogP contribution is 2.42. The second-order valence-corrected chi connectivity index (χ2v) is 8.07. The number of rotatable bonds is 3. The Morgan fingerprint density at radius 2 is 2.00 bits per heavy atom. The van der Waals surface area contributed by atoms with E-state index < -0.39 is 5.54 Å². The number of fused-ring (bicyclic) bond motifs is 2. The number of hydrogen-bond acceptors (Lipinski definition) is 4. The monoisotopic (exact) mass is 387 g/mol. The van der Waals surface area contributed by atoms with Gasteiger partial charge < -0.3 is 19.7 Å². The zero-order chi connectivity index (χ0) is 19.9. The standard InChI is InChI=1S/C20H29N5O3/c1-3-16(26)25-8-5-15-18(22-13-21-15)20(25)6-9-24(10-7-20)19(28)14-11-17(27)23(4-2)12-14/h13-14H,3-12H2,1-2H3,(H,21,22)/t14-/m1/s1. The molecule has 8 nitrogen and oxygen atoms in total. The zero-order valence-corrected chi connectivity index (χ0v) is 16.7. The van der Waals surface area contributed by atoms with Gasteiger partial charge in [0.25, 0.3) is 0 Å². The van der Waals surface area contributed by atoms with Crippen molar-refractivity contribution in [1.82, 2.24) is 24.7 Å². The van der Waals surface area contributed by atoms with Crippen molar-refractivity contribution in [2.45, 2.75) is 51.5 Å². The minimum absolute atomic E-state index is 0.0718. The Morgan fingerprint density at radius 3 is 2.64 bits per heavy atom. The quantitative estimate of drug-likeness (QED) is 0.834. The predicted octanol–water partition coefficient (Wildman–Crippen LogP) is 0.891. The molecule has 8 heteroatoms. The van der Waals surface area contributed by atoms with Gasteiger partial charge in [0.05, 0.1) is 23.5 Å². The minimum Gasteiger partial charge on any atom is -0.348 e. The van der Waals surface area contributed by atoms with Crippen LogP contribution in [-0.2, 0) is 26.3 Å². The SMILES string of the molecule is CCC(=O)N1CCc2[nH]cnc2C12CCN(C(=O)[C@@H]1CC(=O)N(CC)C1)CC2. The molecule has 1 atom stereocenters. The maximum atomic E-state index is 13.0. The van der Waals surface area contributed by atoms with Crippen LogP contribution in [0.3, 0.4) is 0 Å². The molecule has 0 radical (unpaired) electrons. The molecule has 4 heterocycles. The average molecular weight is 387 g/mol. The number of aromatic nitrogens is 2. The fraction of sp³-hybridized carbons (Fsp3) is 0.700. The molecule has 0 aromatic carbocycles. The number of nitrogens with one attached hydrogen (secondary N) is 1. The number of carbonyl (C=O) groups excluding carboxylic acids is 3. The fourth-order valence-corrected chi connectivity index (χ4v) is 5.14. The Morgan fingerprint density at radius 1 is 1.25 bits per heavy atom. The first-order valence-corrected chi connectivity index (χ1v) is 10.4. The predicted molar refractivity (Wildman–Crippen MR) is 102 cm³/mol. The molecule has 3 aliphatic rings. The molecule has 0 aliphatic carbocycles. The van der Waals surface area contributed by atoms with Gasteiger partial charge in [-0.1, -0.05) is 6.92 Å². The summed E-state index contributed by atoms with van der Waals surface area (Å²) >= 11 is 0. The summed E-state index contributed by atoms with van der Waals surface area (Å²) in [5.74, 6) is 0.0589. The Bertz CT molecular complexity index is 781. The molecule has 0 bridgehead atoms. The summed E-state index contributed by atoms with van der Waals surface area (Å²) in [4.78, 5) is 51.1. The van der Waals surface area contributed by atoms with Crippen LogP contribution in [0.1, 0.15) is 50.9 Å². The van der Waals surface area contributed by atoms with Gasteiger partial charge in [-0.05, 0) is 19.8 Å². The van der Waals surface area contributed by atoms with E-state index in [1.807, 2.05) is 23.6 Å². The van der Waals surface area contributed by atoms with Gasteiger partial charge >= 0.3 is 0 Å². The third-order valence-electron chi connectivity index (χ3n) is 6.71. The molecule has 1 spiro atoms. The van der Waals surface area contributed by atoms with Gasteiger partial charge in [0.2, 0.25) is 17.7 Å². The number of amides is 3. The Labute approximate surface area is 165 Å². The maximum Gasteiger partial charge on any atom is 0.227 e. The van der Waals surface area contributed by atoms with Crippen LogP contribution in [0.2, 0.25) is 0 Å². The second kappa shape index (κ2) is 7.22. The Kier molecular flexibility index (Phi) is 4.89. The molecule has 0 unspecified atom stereocenters. The Hall–Kier alpha value is -2.38. The number of nitrogens with zero attached hydrogens (tertiary/aromatic N) is 4. The molecule has 0 saturated carbocycles. The lowest BCUT2D eigenvalue weighted by atomic mass is 9.78. The van der Waals surface area contributed by atoms with Gasteiger partial charge in [-0.15, -0.1) is 0 Å². The fourth-order valence-electron chi connectivity index (χ4n) is 5.14. The lowest BCUT2D eigenvalue weighted by molar-refractivity contribution is -0.145. The van der Waals surface area contributed by atoms with E-state index in [4.69, 9.17) is 0 Å². The Balaban J connectivity index is 1.51. The molecule has 1 aromatic heterocycles. The largest absolute Gasteiger partial charge is 0.348 e. The van der Waals surface area contributed by atoms with Crippen molar-refractivity contribution in [1.29, 1.82) is 0 Å². The van der Waals surface area contributed by atoms with E-state index in [2.05, 4.69) is 9.97 Å². The van der Waals surface area contributed by atoms with Crippen molar-refractivity contribution in [2.24, 2.45) is 5.92 Å². The molecule has 1 aromatic rings. The first-order valence-electron chi connectivity index (χ1n) is 10.4. The molecule has 3 aliphatic heterocycles. The third-order valence-corrected chi connectivity index (χ3v) is 6.71. The van der Waals surface area contributed by atoms with Crippen LogP contribution < -0.4 is 0 Å². The van der Waals surface area contributed by atoms with Gasteiger partial charge in [-0.25, -0.2) is 4.98 Å². The normalized spacial score (nSPS) is 24.0. The molecule has 28 heavy (non-hydrogen) atoms. The van der Waals surface area contributed by atoms with Gasteiger partial charge in [-0.2, -0.15) is 0 Å². The van der Waals surface area contributed by atoms with Crippen LogP contribution in [0.4, 0.5) is 0 Å². The minimum atomic E-state index is -0.418. The number of piperidine rings is 1. The van der Waals surface area contributed by atoms with E-state index >= 15 is 0 Å². The summed E-state index contributed by atoms with van der Waals surface area (Å²) in [6.07, 6.45) is 4.69. The summed E-state index contributed by atoms with van der Waals surface area (Å²) in [6.45, 7) is 6.90. The van der Waals surface area contributed by atoms with Crippen LogP contribution in [-0.4, -0.2) is 75.1 Å². The summed E-state index contributed by atoms with van der Waals surface area (Å²) in [5.41, 5.74) is 1.67. The van der Waals surface area contributed by atoms with Crippen LogP contribution >= 0.6 is 0 Å². The highest BCUT2D eigenvalue weighted by molar-refractivity contribution is 5.89. The summed E-state index contributed by atoms with van der Waals surface area (Å²) in [5, 5.41) is 0. The lowest BCUT2D eigenvalue weighted by Crippen LogP contribution is -2.59. The zero-order valence-electron chi connectivity index (χ0n) is 16.7. The molecule has 2 saturated heterocycles.